The van der Waals surface area contributed by atoms with Gasteiger partial charge in [0.25, 0.3) is 0 Å². The zero-order valence-corrected chi connectivity index (χ0v) is 16.9. The van der Waals surface area contributed by atoms with Gasteiger partial charge < -0.3 is 26.6 Å². The van der Waals surface area contributed by atoms with Crippen LogP contribution in [0.5, 0.6) is 0 Å². The monoisotopic (exact) mass is 453 g/mol. The largest absolute Gasteiger partial charge is 0.481 e. The van der Waals surface area contributed by atoms with Crippen LogP contribution < -0.4 is 16.4 Å². The molecule has 0 aliphatic carbocycles. The van der Waals surface area contributed by atoms with E-state index in [1.54, 1.807) is 0 Å². The summed E-state index contributed by atoms with van der Waals surface area (Å²) in [6.07, 6.45) is -1.91. The topological polar surface area (TPSA) is 242 Å². The number of carboxylic acids is 2. The highest BCUT2D eigenvalue weighted by Crippen LogP contribution is 2.28. The fourth-order valence-corrected chi connectivity index (χ4v) is 2.64. The number of rotatable bonds is 16. The highest BCUT2D eigenvalue weighted by molar-refractivity contribution is 5.96. The zero-order valence-electron chi connectivity index (χ0n) is 16.9. The van der Waals surface area contributed by atoms with Gasteiger partial charge in [-0.05, 0) is 19.3 Å². The number of carbonyl (C=O) groups excluding carboxylic acids is 4. The van der Waals surface area contributed by atoms with Crippen molar-refractivity contribution in [1.82, 2.24) is 10.6 Å². The van der Waals surface area contributed by atoms with Crippen LogP contribution in [0.25, 0.3) is 0 Å². The molecule has 2 amide bonds. The molecule has 0 fully saturated rings. The van der Waals surface area contributed by atoms with Crippen molar-refractivity contribution in [2.75, 3.05) is 0 Å². The predicted molar refractivity (Wildman–Crippen MR) is 102 cm³/mol. The van der Waals surface area contributed by atoms with Crippen LogP contribution in [0.4, 0.5) is 0 Å². The summed E-state index contributed by atoms with van der Waals surface area (Å²) in [6.45, 7) is 0. The van der Waals surface area contributed by atoms with Crippen LogP contribution in [0.15, 0.2) is 20.5 Å². The molecule has 32 heavy (non-hydrogen) atoms. The molecule has 0 aromatic heterocycles. The van der Waals surface area contributed by atoms with Gasteiger partial charge in [-0.25, -0.2) is 0 Å². The highest BCUT2D eigenvalue weighted by Gasteiger charge is 2.50. The van der Waals surface area contributed by atoms with Crippen LogP contribution in [0, 0.1) is 0 Å². The fraction of sp³-hybridized carbons (Fsp3) is 0.647. The van der Waals surface area contributed by atoms with Gasteiger partial charge in [0, 0.05) is 25.7 Å². The number of aliphatic carboxylic acids is 2. The molecule has 0 saturated heterocycles. The molecule has 15 nitrogen and oxygen atoms in total. The minimum Gasteiger partial charge on any atom is -0.481 e. The number of hydrogen-bond acceptors (Lipinski definition) is 11. The van der Waals surface area contributed by atoms with Crippen molar-refractivity contribution in [1.29, 1.82) is 0 Å². The summed E-state index contributed by atoms with van der Waals surface area (Å²) in [5.41, 5.74) is 5.35. The number of nitrogens with one attached hydrogen (secondary N) is 2. The van der Waals surface area contributed by atoms with Crippen LogP contribution in [-0.2, 0) is 28.8 Å². The van der Waals surface area contributed by atoms with Crippen molar-refractivity contribution in [3.05, 3.63) is 0 Å². The third-order valence-corrected chi connectivity index (χ3v) is 4.63. The Kier molecular flexibility index (Phi) is 8.17. The first kappa shape index (κ1) is 24.6. The lowest BCUT2D eigenvalue weighted by Crippen LogP contribution is -2.53. The van der Waals surface area contributed by atoms with Crippen LogP contribution in [-0.4, -0.2) is 69.6 Å². The molecule has 0 radical (unpaired) electrons. The zero-order chi connectivity index (χ0) is 23.9. The first-order valence-corrected chi connectivity index (χ1v) is 9.75. The molecule has 2 rings (SSSR count). The van der Waals surface area contributed by atoms with Gasteiger partial charge in [0.15, 0.2) is 5.78 Å². The Morgan fingerprint density at radius 1 is 0.938 bits per heavy atom. The average Bonchev–Trinajstić information content (AvgIpc) is 3.63. The Balaban J connectivity index is 1.94. The van der Waals surface area contributed by atoms with E-state index in [0.717, 1.165) is 0 Å². The van der Waals surface area contributed by atoms with Crippen molar-refractivity contribution < 1.29 is 39.0 Å². The number of nitrogens with zero attached hydrogens (tertiary/aromatic N) is 4. The standard InChI is InChI=1S/C17H23N7O8/c18-8(16(31)32)4-7-12(27)19-9(5-6-10(25)14-21-22-14)15(30)20-17(23-24-17)11(26)2-1-3-13(28)29/h8-9,14H,1-7,18H2,(H,19,27)(H,20,30)(H,28,29)(H,31,32). The first-order valence-electron chi connectivity index (χ1n) is 9.75. The molecule has 0 bridgehead atoms. The third-order valence-electron chi connectivity index (χ3n) is 4.63. The van der Waals surface area contributed by atoms with Crippen LogP contribution >= 0.6 is 0 Å². The van der Waals surface area contributed by atoms with Crippen LogP contribution in [0.1, 0.15) is 44.9 Å². The minimum absolute atomic E-state index is 0.0315. The van der Waals surface area contributed by atoms with Gasteiger partial charge in [0.2, 0.25) is 23.8 Å². The Morgan fingerprint density at radius 2 is 1.59 bits per heavy atom. The van der Waals surface area contributed by atoms with Crippen molar-refractivity contribution >= 4 is 35.3 Å². The Bertz CT molecular complexity index is 859. The van der Waals surface area contributed by atoms with Gasteiger partial charge in [0.05, 0.1) is 0 Å². The van der Waals surface area contributed by atoms with E-state index in [2.05, 4.69) is 31.1 Å². The Labute approximate surface area is 180 Å². The maximum absolute atomic E-state index is 12.7. The van der Waals surface area contributed by atoms with Crippen molar-refractivity contribution in [3.8, 4) is 0 Å². The second-order valence-corrected chi connectivity index (χ2v) is 7.25. The van der Waals surface area contributed by atoms with E-state index in [0.29, 0.717) is 0 Å². The van der Waals surface area contributed by atoms with Crippen LogP contribution in [0.3, 0.4) is 0 Å². The van der Waals surface area contributed by atoms with E-state index in [4.69, 9.17) is 15.9 Å². The molecular weight excluding hydrogens is 430 g/mol. The van der Waals surface area contributed by atoms with Gasteiger partial charge in [-0.2, -0.15) is 10.2 Å². The maximum Gasteiger partial charge on any atom is 0.324 e. The number of carbonyl (C=O) groups is 6. The summed E-state index contributed by atoms with van der Waals surface area (Å²) in [5, 5.41) is 36.2. The predicted octanol–water partition coefficient (Wildman–Crippen LogP) is -1.14. The summed E-state index contributed by atoms with van der Waals surface area (Å²) in [7, 11) is 0. The Hall–Kier alpha value is -3.62. The van der Waals surface area contributed by atoms with Gasteiger partial charge in [-0.15, -0.1) is 10.2 Å². The van der Waals surface area contributed by atoms with E-state index >= 15 is 0 Å². The molecule has 15 heteroatoms. The number of ketones is 2. The van der Waals surface area contributed by atoms with E-state index in [9.17, 15) is 28.8 Å². The third kappa shape index (κ3) is 7.57. The number of nitrogens with two attached hydrogens (primary N) is 1. The lowest BCUT2D eigenvalue weighted by Gasteiger charge is -2.20. The summed E-state index contributed by atoms with van der Waals surface area (Å²) < 4.78 is 0. The fourth-order valence-electron chi connectivity index (χ4n) is 2.64. The van der Waals surface area contributed by atoms with Crippen molar-refractivity contribution in [2.45, 2.75) is 69.0 Å². The van der Waals surface area contributed by atoms with Gasteiger partial charge in [-0.3, -0.25) is 28.8 Å². The number of amides is 2. The smallest absolute Gasteiger partial charge is 0.324 e. The average molecular weight is 453 g/mol. The molecule has 2 aliphatic heterocycles. The lowest BCUT2D eigenvalue weighted by atomic mass is 10.0. The molecule has 2 aliphatic rings. The van der Waals surface area contributed by atoms with Crippen molar-refractivity contribution in [2.24, 2.45) is 26.2 Å². The van der Waals surface area contributed by atoms with E-state index in [-0.39, 0.29) is 50.7 Å². The van der Waals surface area contributed by atoms with E-state index < -0.39 is 53.6 Å². The normalized spacial score (nSPS) is 17.2. The molecule has 0 spiro atoms. The molecule has 0 aromatic rings. The first-order chi connectivity index (χ1) is 15.0. The SMILES string of the molecule is NC(CCC(=O)NC(CCC(=O)C1N=N1)C(=O)NC1(C(=O)CCCC(=O)O)N=N1)C(=O)O. The molecule has 174 valence electrons. The summed E-state index contributed by atoms with van der Waals surface area (Å²) in [4.78, 5) is 70.3. The summed E-state index contributed by atoms with van der Waals surface area (Å²) in [5.74, 6) is -6.69. The molecule has 2 atom stereocenters. The quantitative estimate of drug-likeness (QED) is 0.189. The van der Waals surface area contributed by atoms with Gasteiger partial charge in [0.1, 0.15) is 12.1 Å². The molecule has 0 saturated carbocycles. The number of carboxylic acid groups (broad SMARTS) is 2. The minimum atomic E-state index is -1.84. The summed E-state index contributed by atoms with van der Waals surface area (Å²) in [6, 6.07) is -2.51. The number of hydrogen-bond donors (Lipinski definition) is 5. The van der Waals surface area contributed by atoms with Gasteiger partial charge >= 0.3 is 17.7 Å². The van der Waals surface area contributed by atoms with E-state index in [1.807, 2.05) is 0 Å². The molecule has 2 unspecified atom stereocenters. The molecule has 6 N–H and O–H groups in total. The number of Topliss-reactive ketones (excluding diaryl/α,β-unsaturated/α-hetero) is 2. The second kappa shape index (κ2) is 10.6. The Morgan fingerprint density at radius 3 is 2.12 bits per heavy atom. The summed E-state index contributed by atoms with van der Waals surface area (Å²) >= 11 is 0. The van der Waals surface area contributed by atoms with Crippen LogP contribution in [0.2, 0.25) is 0 Å². The van der Waals surface area contributed by atoms with E-state index in [1.165, 1.54) is 0 Å². The molecular formula is C17H23N7O8. The molecule has 2 heterocycles. The maximum atomic E-state index is 12.7. The van der Waals surface area contributed by atoms with Gasteiger partial charge in [-0.1, -0.05) is 0 Å². The molecule has 0 aromatic carbocycles. The van der Waals surface area contributed by atoms with Crippen molar-refractivity contribution in [3.63, 3.8) is 0 Å². The highest BCUT2D eigenvalue weighted by atomic mass is 16.4. The second-order valence-electron chi connectivity index (χ2n) is 7.25. The lowest BCUT2D eigenvalue weighted by molar-refractivity contribution is -0.139.